The molecule has 0 saturated carbocycles. The highest BCUT2D eigenvalue weighted by Crippen LogP contribution is 2.38. The molecule has 0 amide bonds. The molecule has 0 aliphatic carbocycles. The quantitative estimate of drug-likeness (QED) is 0.789. The van der Waals surface area contributed by atoms with Gasteiger partial charge >= 0.3 is 0 Å². The van der Waals surface area contributed by atoms with E-state index in [1.807, 2.05) is 37.3 Å². The lowest BCUT2D eigenvalue weighted by Crippen LogP contribution is -2.54. The highest BCUT2D eigenvalue weighted by atomic mass is 35.5. The molecule has 1 saturated heterocycles. The van der Waals surface area contributed by atoms with E-state index in [0.717, 1.165) is 16.9 Å². The summed E-state index contributed by atoms with van der Waals surface area (Å²) in [7, 11) is 1.46. The van der Waals surface area contributed by atoms with Crippen LogP contribution in [0.1, 0.15) is 30.0 Å². The minimum Gasteiger partial charge on any atom is -0.494 e. The third-order valence-electron chi connectivity index (χ3n) is 4.86. The lowest BCUT2D eigenvalue weighted by molar-refractivity contribution is -0.320. The first-order valence-corrected chi connectivity index (χ1v) is 9.44. The van der Waals surface area contributed by atoms with Crippen molar-refractivity contribution < 1.29 is 24.4 Å². The Labute approximate surface area is 164 Å². The van der Waals surface area contributed by atoms with Gasteiger partial charge in [0, 0.05) is 17.7 Å². The van der Waals surface area contributed by atoms with Crippen LogP contribution in [0.5, 0.6) is 5.75 Å². The van der Waals surface area contributed by atoms with Gasteiger partial charge in [0.05, 0.1) is 19.3 Å². The number of hydrogen-bond donors (Lipinski definition) is 2. The van der Waals surface area contributed by atoms with E-state index in [9.17, 15) is 10.2 Å². The Kier molecular flexibility index (Phi) is 6.40. The Morgan fingerprint density at radius 3 is 2.59 bits per heavy atom. The Hall–Kier alpha value is -1.63. The molecule has 0 bridgehead atoms. The number of methoxy groups -OCH3 is 1. The van der Waals surface area contributed by atoms with Crippen molar-refractivity contribution in [2.45, 2.75) is 37.8 Å². The molecule has 2 aromatic rings. The van der Waals surface area contributed by atoms with Crippen LogP contribution in [0.4, 0.5) is 0 Å². The zero-order valence-corrected chi connectivity index (χ0v) is 16.3. The van der Waals surface area contributed by atoms with Crippen molar-refractivity contribution in [3.63, 3.8) is 0 Å². The fourth-order valence-electron chi connectivity index (χ4n) is 3.40. The zero-order valence-electron chi connectivity index (χ0n) is 15.5. The van der Waals surface area contributed by atoms with Crippen LogP contribution in [0, 0.1) is 0 Å². The van der Waals surface area contributed by atoms with Gasteiger partial charge in [-0.05, 0) is 55.2 Å². The second-order valence-electron chi connectivity index (χ2n) is 6.58. The lowest BCUT2D eigenvalue weighted by Gasteiger charge is -2.42. The summed E-state index contributed by atoms with van der Waals surface area (Å²) in [6.07, 6.45) is -1.13. The van der Waals surface area contributed by atoms with Crippen LogP contribution in [-0.2, 0) is 21.7 Å². The van der Waals surface area contributed by atoms with Crippen molar-refractivity contribution in [3.8, 4) is 5.75 Å². The molecule has 1 heterocycles. The number of ether oxygens (including phenoxy) is 3. The van der Waals surface area contributed by atoms with Gasteiger partial charge in [-0.3, -0.25) is 0 Å². The van der Waals surface area contributed by atoms with Gasteiger partial charge in [0.25, 0.3) is 0 Å². The summed E-state index contributed by atoms with van der Waals surface area (Å²) in [6, 6.07) is 13.2. The third kappa shape index (κ3) is 4.13. The van der Waals surface area contributed by atoms with Gasteiger partial charge in [-0.2, -0.15) is 0 Å². The van der Waals surface area contributed by atoms with Crippen LogP contribution in [-0.4, -0.2) is 42.7 Å². The monoisotopic (exact) mass is 392 g/mol. The number of halogens is 1. The first-order chi connectivity index (χ1) is 13.0. The second kappa shape index (κ2) is 8.59. The summed E-state index contributed by atoms with van der Waals surface area (Å²) in [4.78, 5) is 0. The van der Waals surface area contributed by atoms with Crippen LogP contribution in [0.15, 0.2) is 42.5 Å². The molecule has 3 atom stereocenters. The van der Waals surface area contributed by atoms with Crippen molar-refractivity contribution >= 4 is 11.6 Å². The Bertz CT molecular complexity index is 764. The smallest absolute Gasteiger partial charge is 0.224 e. The molecule has 2 N–H and O–H groups in total. The summed E-state index contributed by atoms with van der Waals surface area (Å²) in [5.41, 5.74) is 2.58. The maximum absolute atomic E-state index is 10.5. The number of aliphatic hydroxyl groups excluding tert-OH is 2. The minimum atomic E-state index is -1.41. The first-order valence-electron chi connectivity index (χ1n) is 9.06. The van der Waals surface area contributed by atoms with Gasteiger partial charge in [-0.25, -0.2) is 0 Å². The molecule has 27 heavy (non-hydrogen) atoms. The first kappa shape index (κ1) is 20.1. The van der Waals surface area contributed by atoms with E-state index < -0.39 is 18.0 Å². The molecule has 1 aliphatic rings. The molecular formula is C21H25ClO5. The molecule has 146 valence electrons. The molecule has 0 aromatic heterocycles. The average Bonchev–Trinajstić information content (AvgIpc) is 2.68. The molecule has 0 spiro atoms. The van der Waals surface area contributed by atoms with Crippen LogP contribution in [0.3, 0.4) is 0 Å². The molecule has 5 nitrogen and oxygen atoms in total. The molecule has 2 aromatic carbocycles. The maximum Gasteiger partial charge on any atom is 0.224 e. The highest BCUT2D eigenvalue weighted by molar-refractivity contribution is 6.31. The van der Waals surface area contributed by atoms with E-state index in [2.05, 4.69) is 0 Å². The van der Waals surface area contributed by atoms with Crippen LogP contribution >= 0.6 is 11.6 Å². The van der Waals surface area contributed by atoms with Gasteiger partial charge in [0.1, 0.15) is 11.9 Å². The summed E-state index contributed by atoms with van der Waals surface area (Å²) in [6.45, 7) is 2.87. The summed E-state index contributed by atoms with van der Waals surface area (Å²) < 4.78 is 16.8. The van der Waals surface area contributed by atoms with Crippen molar-refractivity contribution in [3.05, 3.63) is 64.2 Å². The topological polar surface area (TPSA) is 68.2 Å². The van der Waals surface area contributed by atoms with E-state index in [0.29, 0.717) is 36.6 Å². The predicted octanol–water partition coefficient (Wildman–Crippen LogP) is 3.27. The van der Waals surface area contributed by atoms with Gasteiger partial charge in [0.2, 0.25) is 5.79 Å². The second-order valence-corrected chi connectivity index (χ2v) is 6.99. The minimum absolute atomic E-state index is 0.295. The van der Waals surface area contributed by atoms with E-state index in [1.165, 1.54) is 7.11 Å². The van der Waals surface area contributed by atoms with Crippen LogP contribution < -0.4 is 4.74 Å². The summed E-state index contributed by atoms with van der Waals surface area (Å²) in [5.74, 6) is -0.581. The summed E-state index contributed by atoms with van der Waals surface area (Å²) in [5, 5.41) is 21.2. The number of benzene rings is 2. The Morgan fingerprint density at radius 2 is 1.93 bits per heavy atom. The molecule has 1 fully saturated rings. The van der Waals surface area contributed by atoms with E-state index in [-0.39, 0.29) is 0 Å². The van der Waals surface area contributed by atoms with Gasteiger partial charge < -0.3 is 24.4 Å². The molecular weight excluding hydrogens is 368 g/mol. The molecule has 3 rings (SSSR count). The zero-order chi connectivity index (χ0) is 19.4. The predicted molar refractivity (Wildman–Crippen MR) is 103 cm³/mol. The van der Waals surface area contributed by atoms with Crippen molar-refractivity contribution in [1.82, 2.24) is 0 Å². The van der Waals surface area contributed by atoms with E-state index in [4.69, 9.17) is 25.8 Å². The third-order valence-corrected chi connectivity index (χ3v) is 5.23. The van der Waals surface area contributed by atoms with Crippen molar-refractivity contribution in [2.75, 3.05) is 20.3 Å². The lowest BCUT2D eigenvalue weighted by atomic mass is 9.90. The van der Waals surface area contributed by atoms with Crippen LogP contribution in [0.25, 0.3) is 0 Å². The fraction of sp³-hybridized carbons (Fsp3) is 0.429. The van der Waals surface area contributed by atoms with Crippen molar-refractivity contribution in [1.29, 1.82) is 0 Å². The highest BCUT2D eigenvalue weighted by Gasteiger charge is 2.48. The van der Waals surface area contributed by atoms with Gasteiger partial charge in [-0.1, -0.05) is 29.8 Å². The number of hydrogen-bond acceptors (Lipinski definition) is 5. The molecule has 0 unspecified atom stereocenters. The standard InChI is InChI=1S/C21H25ClO5/c1-3-26-17-7-4-14(5-8-17)12-15-13-16(6-9-18(15)22)21(25-2)20(24)19(23)10-11-27-21/h4-9,13,19-20,23-24H,3,10-12H2,1-2H3/t19-,20+,21-/m0/s1. The summed E-state index contributed by atoms with van der Waals surface area (Å²) >= 11 is 6.40. The number of aliphatic hydroxyl groups is 2. The fourth-order valence-corrected chi connectivity index (χ4v) is 3.58. The van der Waals surface area contributed by atoms with Gasteiger partial charge in [0.15, 0.2) is 0 Å². The Balaban J connectivity index is 1.89. The molecule has 1 aliphatic heterocycles. The normalized spacial score (nSPS) is 25.4. The Morgan fingerprint density at radius 1 is 1.19 bits per heavy atom. The average molecular weight is 393 g/mol. The van der Waals surface area contributed by atoms with Gasteiger partial charge in [-0.15, -0.1) is 0 Å². The SMILES string of the molecule is CCOc1ccc(Cc2cc([C@]3(OC)OCC[C@H](O)[C@H]3O)ccc2Cl)cc1. The molecule has 6 heteroatoms. The maximum atomic E-state index is 10.5. The van der Waals surface area contributed by atoms with E-state index in [1.54, 1.807) is 12.1 Å². The molecule has 0 radical (unpaired) electrons. The van der Waals surface area contributed by atoms with E-state index >= 15 is 0 Å². The van der Waals surface area contributed by atoms with Crippen LogP contribution in [0.2, 0.25) is 5.02 Å². The largest absolute Gasteiger partial charge is 0.494 e. The van der Waals surface area contributed by atoms with Crippen molar-refractivity contribution in [2.24, 2.45) is 0 Å². The number of rotatable bonds is 6.